The smallest absolute Gasteiger partial charge is 0.0242 e. The van der Waals surface area contributed by atoms with E-state index in [9.17, 15) is 0 Å². The van der Waals surface area contributed by atoms with E-state index >= 15 is 0 Å². The summed E-state index contributed by atoms with van der Waals surface area (Å²) in [5, 5.41) is 0. The van der Waals surface area contributed by atoms with Gasteiger partial charge in [-0.2, -0.15) is 0 Å². The number of likely N-dealkylation sites (tertiary alicyclic amines) is 1. The summed E-state index contributed by atoms with van der Waals surface area (Å²) < 4.78 is 0. The molecule has 98 valence electrons. The molecule has 1 saturated heterocycles. The van der Waals surface area contributed by atoms with Crippen LogP contribution in [0.2, 0.25) is 0 Å². The summed E-state index contributed by atoms with van der Waals surface area (Å²) in [6, 6.07) is 0.668. The predicted molar refractivity (Wildman–Crippen MR) is 76.0 cm³/mol. The third-order valence-corrected chi connectivity index (χ3v) is 3.90. The van der Waals surface area contributed by atoms with E-state index in [1.165, 1.54) is 70.9 Å². The lowest BCUT2D eigenvalue weighted by molar-refractivity contribution is 0.155. The molecule has 0 aromatic heterocycles. The van der Waals surface area contributed by atoms with Crippen molar-refractivity contribution >= 4 is 0 Å². The Hall–Kier alpha value is -0.480. The maximum atomic E-state index is 5.51. The zero-order valence-corrected chi connectivity index (χ0v) is 11.6. The second-order valence-electron chi connectivity index (χ2n) is 5.36. The maximum Gasteiger partial charge on any atom is 0.0242 e. The zero-order chi connectivity index (χ0) is 12.3. The molecule has 0 aliphatic carbocycles. The van der Waals surface area contributed by atoms with E-state index < -0.39 is 0 Å². The minimum Gasteiger partial charge on any atom is -0.299 e. The molecule has 0 N–H and O–H groups in total. The van der Waals surface area contributed by atoms with Gasteiger partial charge in [0.15, 0.2) is 0 Å². The van der Waals surface area contributed by atoms with Crippen LogP contribution in [0.5, 0.6) is 0 Å². The number of unbranched alkanes of at least 4 members (excludes halogenated alkanes) is 4. The van der Waals surface area contributed by atoms with E-state index in [-0.39, 0.29) is 0 Å². The van der Waals surface area contributed by atoms with Crippen LogP contribution in [-0.2, 0) is 0 Å². The molecule has 0 spiro atoms. The highest BCUT2D eigenvalue weighted by molar-refractivity contribution is 4.91. The van der Waals surface area contributed by atoms with Crippen LogP contribution in [0, 0.1) is 12.3 Å². The van der Waals surface area contributed by atoms with Crippen molar-refractivity contribution in [1.29, 1.82) is 0 Å². The molecule has 1 atom stereocenters. The van der Waals surface area contributed by atoms with Gasteiger partial charge in [0.1, 0.15) is 0 Å². The molecule has 1 aliphatic heterocycles. The average Bonchev–Trinajstić information content (AvgIpc) is 2.38. The number of hydrogen-bond acceptors (Lipinski definition) is 1. The Morgan fingerprint density at radius 1 is 1.06 bits per heavy atom. The molecule has 1 heteroatoms. The highest BCUT2D eigenvalue weighted by Crippen LogP contribution is 2.19. The number of piperidine rings is 1. The Morgan fingerprint density at radius 2 is 1.76 bits per heavy atom. The molecule has 1 fully saturated rings. The molecule has 1 unspecified atom stereocenters. The van der Waals surface area contributed by atoms with Crippen molar-refractivity contribution in [2.45, 2.75) is 77.2 Å². The highest BCUT2D eigenvalue weighted by atomic mass is 15.2. The first-order valence-electron chi connectivity index (χ1n) is 7.56. The number of terminal acetylenes is 1. The van der Waals surface area contributed by atoms with Crippen molar-refractivity contribution in [2.24, 2.45) is 0 Å². The van der Waals surface area contributed by atoms with Crippen LogP contribution >= 0.6 is 0 Å². The van der Waals surface area contributed by atoms with Crippen LogP contribution in [0.15, 0.2) is 0 Å². The fourth-order valence-corrected chi connectivity index (χ4v) is 2.82. The van der Waals surface area contributed by atoms with E-state index in [2.05, 4.69) is 17.7 Å². The molecule has 1 rings (SSSR count). The second-order valence-corrected chi connectivity index (χ2v) is 5.36. The van der Waals surface area contributed by atoms with Gasteiger partial charge in [0.25, 0.3) is 0 Å². The van der Waals surface area contributed by atoms with Gasteiger partial charge in [-0.05, 0) is 32.4 Å². The molecule has 0 bridgehead atoms. The van der Waals surface area contributed by atoms with Gasteiger partial charge in [0.05, 0.1) is 0 Å². The van der Waals surface area contributed by atoms with Crippen molar-refractivity contribution in [3.63, 3.8) is 0 Å². The largest absolute Gasteiger partial charge is 0.299 e. The average molecular weight is 235 g/mol. The summed E-state index contributed by atoms with van der Waals surface area (Å²) >= 11 is 0. The summed E-state index contributed by atoms with van der Waals surface area (Å²) in [6.45, 7) is 4.83. The summed E-state index contributed by atoms with van der Waals surface area (Å²) in [6.07, 6.45) is 18.8. The first kappa shape index (κ1) is 14.6. The Balaban J connectivity index is 2.20. The van der Waals surface area contributed by atoms with Crippen molar-refractivity contribution in [3.8, 4) is 12.3 Å². The highest BCUT2D eigenvalue weighted by Gasteiger charge is 2.19. The summed E-state index contributed by atoms with van der Waals surface area (Å²) in [4.78, 5) is 2.64. The number of rotatable bonds is 8. The minimum absolute atomic E-state index is 0.668. The number of nitrogens with zero attached hydrogens (tertiary/aromatic N) is 1. The van der Waals surface area contributed by atoms with Crippen LogP contribution in [0.3, 0.4) is 0 Å². The van der Waals surface area contributed by atoms with Crippen LogP contribution in [0.25, 0.3) is 0 Å². The number of hydrogen-bond donors (Lipinski definition) is 0. The second kappa shape index (κ2) is 9.54. The maximum absolute atomic E-state index is 5.51. The summed E-state index contributed by atoms with van der Waals surface area (Å²) in [5.74, 6) is 2.88. The normalized spacial score (nSPS) is 18.8. The zero-order valence-electron chi connectivity index (χ0n) is 11.6. The quantitative estimate of drug-likeness (QED) is 0.449. The van der Waals surface area contributed by atoms with Gasteiger partial charge in [-0.1, -0.05) is 45.4 Å². The van der Waals surface area contributed by atoms with Crippen LogP contribution in [0.4, 0.5) is 0 Å². The van der Waals surface area contributed by atoms with Gasteiger partial charge in [0, 0.05) is 12.5 Å². The Bertz CT molecular complexity index is 210. The van der Waals surface area contributed by atoms with Crippen molar-refractivity contribution in [1.82, 2.24) is 4.90 Å². The molecule has 0 saturated carbocycles. The lowest BCUT2D eigenvalue weighted by atomic mass is 10.00. The first-order valence-corrected chi connectivity index (χ1v) is 7.56. The molecule has 17 heavy (non-hydrogen) atoms. The van der Waals surface area contributed by atoms with Crippen LogP contribution in [-0.4, -0.2) is 24.0 Å². The predicted octanol–water partition coefficient (Wildman–Crippen LogP) is 4.22. The lowest BCUT2D eigenvalue weighted by Crippen LogP contribution is -2.39. The molecular formula is C16H29N. The van der Waals surface area contributed by atoms with E-state index in [1.54, 1.807) is 0 Å². The third-order valence-electron chi connectivity index (χ3n) is 3.90. The lowest BCUT2D eigenvalue weighted by Gasteiger charge is -2.33. The van der Waals surface area contributed by atoms with Crippen molar-refractivity contribution in [2.75, 3.05) is 13.1 Å². The van der Waals surface area contributed by atoms with Gasteiger partial charge in [-0.15, -0.1) is 12.3 Å². The molecule has 1 aliphatic rings. The SMILES string of the molecule is C#CCC(CCCCCCC)N1CCCCC1. The van der Waals surface area contributed by atoms with E-state index in [0.717, 1.165) is 6.42 Å². The fraction of sp³-hybridized carbons (Fsp3) is 0.875. The van der Waals surface area contributed by atoms with Gasteiger partial charge in [-0.25, -0.2) is 0 Å². The minimum atomic E-state index is 0.668. The van der Waals surface area contributed by atoms with Crippen molar-refractivity contribution in [3.05, 3.63) is 0 Å². The van der Waals surface area contributed by atoms with E-state index in [4.69, 9.17) is 6.42 Å². The standard InChI is InChI=1S/C16H29N/c1-3-5-6-7-9-13-16(12-4-2)17-14-10-8-11-15-17/h2,16H,3,5-15H2,1H3. The Labute approximate surface area is 108 Å². The molecular weight excluding hydrogens is 206 g/mol. The van der Waals surface area contributed by atoms with Gasteiger partial charge in [0.2, 0.25) is 0 Å². The van der Waals surface area contributed by atoms with Crippen LogP contribution in [0.1, 0.15) is 71.1 Å². The van der Waals surface area contributed by atoms with Crippen LogP contribution < -0.4 is 0 Å². The molecule has 0 aromatic rings. The monoisotopic (exact) mass is 235 g/mol. The summed E-state index contributed by atoms with van der Waals surface area (Å²) in [5.41, 5.74) is 0. The fourth-order valence-electron chi connectivity index (χ4n) is 2.82. The van der Waals surface area contributed by atoms with E-state index in [0.29, 0.717) is 6.04 Å². The van der Waals surface area contributed by atoms with Gasteiger partial charge < -0.3 is 0 Å². The topological polar surface area (TPSA) is 3.24 Å². The molecule has 0 radical (unpaired) electrons. The first-order chi connectivity index (χ1) is 8.38. The van der Waals surface area contributed by atoms with Gasteiger partial charge in [-0.3, -0.25) is 4.90 Å². The third kappa shape index (κ3) is 6.13. The molecule has 0 aromatic carbocycles. The molecule has 1 nitrogen and oxygen atoms in total. The molecule has 0 amide bonds. The van der Waals surface area contributed by atoms with Gasteiger partial charge >= 0.3 is 0 Å². The Morgan fingerprint density at radius 3 is 2.41 bits per heavy atom. The molecule has 1 heterocycles. The Kier molecular flexibility index (Phi) is 8.18. The van der Waals surface area contributed by atoms with Crippen molar-refractivity contribution < 1.29 is 0 Å². The summed E-state index contributed by atoms with van der Waals surface area (Å²) in [7, 11) is 0. The van der Waals surface area contributed by atoms with E-state index in [1.807, 2.05) is 0 Å².